The number of fused-ring (bicyclic) bond motifs is 1. The molecule has 0 bridgehead atoms. The number of anilines is 1. The van der Waals surface area contributed by atoms with Crippen LogP contribution >= 0.6 is 11.6 Å². The number of likely N-dealkylation sites (tertiary alicyclic amines) is 1. The number of alkyl halides is 4. The minimum Gasteiger partial charge on any atom is -0.399 e. The molecule has 2 amide bonds. The number of rotatable bonds is 8. The Balaban J connectivity index is 1.68. The van der Waals surface area contributed by atoms with Crippen LogP contribution in [0.2, 0.25) is 0 Å². The molecule has 3 aromatic rings. The van der Waals surface area contributed by atoms with Gasteiger partial charge in [-0.2, -0.15) is 13.2 Å². The molecule has 5 rings (SSSR count). The fraction of sp³-hybridized carbons (Fsp3) is 0.324. The number of hydrogen-bond acceptors (Lipinski definition) is 6. The standard InChI is InChI=1S/C34H34ClF4N7O2/c1-20(36)31(47)43-27-10-6-5-9-24(27)29-28-26(33(35)14-22(40)11-12-25(33)32(48)42-19-34(37,38)39)18-45(4)30(28)21(15-41-29)8-7-13-46-16-23(17-46)44(2)3/h5-6,9-12,14-15,18,23,25H,1,13,16-17,19,40H2,2-4H3,(H,42,48)(H,43,47). The molecule has 9 nitrogen and oxygen atoms in total. The van der Waals surface area contributed by atoms with Crippen molar-refractivity contribution in [3.63, 3.8) is 0 Å². The first-order valence-corrected chi connectivity index (χ1v) is 15.3. The van der Waals surface area contributed by atoms with Gasteiger partial charge in [0, 0.05) is 60.8 Å². The highest BCUT2D eigenvalue weighted by atomic mass is 35.5. The highest BCUT2D eigenvalue weighted by molar-refractivity contribution is 6.29. The van der Waals surface area contributed by atoms with Crippen molar-refractivity contribution in [2.45, 2.75) is 17.1 Å². The van der Waals surface area contributed by atoms with E-state index in [4.69, 9.17) is 22.3 Å². The molecular weight excluding hydrogens is 650 g/mol. The lowest BCUT2D eigenvalue weighted by molar-refractivity contribution is -0.140. The molecule has 1 aliphatic heterocycles. The highest BCUT2D eigenvalue weighted by Gasteiger charge is 2.45. The molecule has 1 saturated heterocycles. The monoisotopic (exact) mass is 683 g/mol. The topological polar surface area (TPSA) is 109 Å². The molecule has 2 aliphatic rings. The number of nitrogens with one attached hydrogen (secondary N) is 2. The van der Waals surface area contributed by atoms with Gasteiger partial charge in [0.1, 0.15) is 11.4 Å². The average molecular weight is 684 g/mol. The smallest absolute Gasteiger partial charge is 0.399 e. The first-order valence-electron chi connectivity index (χ1n) is 14.9. The van der Waals surface area contributed by atoms with E-state index < -0.39 is 41.2 Å². The number of amides is 2. The summed E-state index contributed by atoms with van der Waals surface area (Å²) < 4.78 is 54.7. The molecule has 1 fully saturated rings. The molecule has 1 aliphatic carbocycles. The van der Waals surface area contributed by atoms with Gasteiger partial charge in [0.2, 0.25) is 5.91 Å². The lowest BCUT2D eigenvalue weighted by atomic mass is 9.80. The number of allylic oxidation sites excluding steroid dienone is 2. The zero-order chi connectivity index (χ0) is 35.0. The molecular formula is C34H34ClF4N7O2. The van der Waals surface area contributed by atoms with Crippen LogP contribution in [-0.2, 0) is 21.5 Å². The molecule has 0 radical (unpaired) electrons. The molecule has 2 aromatic heterocycles. The summed E-state index contributed by atoms with van der Waals surface area (Å²) in [6.45, 7) is 3.78. The first kappa shape index (κ1) is 34.7. The number of aromatic nitrogens is 2. The van der Waals surface area contributed by atoms with Crippen LogP contribution in [-0.4, -0.2) is 83.7 Å². The molecule has 2 unspecified atom stereocenters. The van der Waals surface area contributed by atoms with Crippen LogP contribution < -0.4 is 16.4 Å². The maximum atomic E-state index is 13.7. The van der Waals surface area contributed by atoms with Gasteiger partial charge in [0.05, 0.1) is 34.9 Å². The van der Waals surface area contributed by atoms with Crippen molar-refractivity contribution >= 4 is 40.0 Å². The van der Waals surface area contributed by atoms with Crippen molar-refractivity contribution in [1.29, 1.82) is 0 Å². The fourth-order valence-electron chi connectivity index (χ4n) is 5.81. The minimum absolute atomic E-state index is 0.187. The quantitative estimate of drug-likeness (QED) is 0.141. The number of para-hydroxylation sites is 1. The summed E-state index contributed by atoms with van der Waals surface area (Å²) in [5.41, 5.74) is 8.61. The summed E-state index contributed by atoms with van der Waals surface area (Å²) in [5, 5.41) is 4.83. The van der Waals surface area contributed by atoms with Gasteiger partial charge in [-0.3, -0.25) is 19.5 Å². The molecule has 14 heteroatoms. The second-order valence-corrected chi connectivity index (χ2v) is 12.6. The highest BCUT2D eigenvalue weighted by Crippen LogP contribution is 2.48. The predicted molar refractivity (Wildman–Crippen MR) is 177 cm³/mol. The number of hydrogen-bond donors (Lipinski definition) is 3. The van der Waals surface area contributed by atoms with Crippen LogP contribution in [0.3, 0.4) is 0 Å². The Hall–Kier alpha value is -4.64. The van der Waals surface area contributed by atoms with E-state index in [0.29, 0.717) is 45.9 Å². The number of likely N-dealkylation sites (N-methyl/N-ethyl adjacent to an activating group) is 1. The maximum Gasteiger partial charge on any atom is 0.405 e. The van der Waals surface area contributed by atoms with Crippen LogP contribution in [0.1, 0.15) is 11.1 Å². The third kappa shape index (κ3) is 7.11. The van der Waals surface area contributed by atoms with E-state index in [1.54, 1.807) is 48.3 Å². The second-order valence-electron chi connectivity index (χ2n) is 12.0. The van der Waals surface area contributed by atoms with Crippen LogP contribution in [0.5, 0.6) is 0 Å². The number of halogens is 5. The molecule has 4 N–H and O–H groups in total. The lowest BCUT2D eigenvalue weighted by Gasteiger charge is -2.41. The summed E-state index contributed by atoms with van der Waals surface area (Å²) >= 11 is 7.32. The van der Waals surface area contributed by atoms with E-state index in [9.17, 15) is 27.2 Å². The zero-order valence-corrected chi connectivity index (χ0v) is 27.2. The Morgan fingerprint density at radius 3 is 2.62 bits per heavy atom. The zero-order valence-electron chi connectivity index (χ0n) is 26.5. The lowest BCUT2D eigenvalue weighted by Crippen LogP contribution is -2.57. The van der Waals surface area contributed by atoms with Gasteiger partial charge in [0.25, 0.3) is 5.91 Å². The summed E-state index contributed by atoms with van der Waals surface area (Å²) in [5.74, 6) is 1.86. The molecule has 0 saturated carbocycles. The number of aryl methyl sites for hydroxylation is 1. The van der Waals surface area contributed by atoms with E-state index in [1.165, 1.54) is 18.2 Å². The van der Waals surface area contributed by atoms with Crippen molar-refractivity contribution in [2.75, 3.05) is 45.6 Å². The van der Waals surface area contributed by atoms with Crippen LogP contribution in [0.25, 0.3) is 22.2 Å². The van der Waals surface area contributed by atoms with E-state index >= 15 is 0 Å². The molecule has 48 heavy (non-hydrogen) atoms. The molecule has 3 heterocycles. The number of carbonyl (C=O) groups is 2. The Kier molecular flexibility index (Phi) is 9.73. The third-order valence-corrected chi connectivity index (χ3v) is 8.88. The van der Waals surface area contributed by atoms with Gasteiger partial charge in [-0.1, -0.05) is 42.7 Å². The fourth-order valence-corrected chi connectivity index (χ4v) is 6.26. The average Bonchev–Trinajstić information content (AvgIpc) is 3.35. The van der Waals surface area contributed by atoms with E-state index in [-0.39, 0.29) is 11.4 Å². The summed E-state index contributed by atoms with van der Waals surface area (Å²) in [6.07, 6.45) is 2.76. The van der Waals surface area contributed by atoms with Gasteiger partial charge in [0.15, 0.2) is 5.83 Å². The Labute approximate surface area is 280 Å². The number of pyridine rings is 1. The largest absolute Gasteiger partial charge is 0.405 e. The first-order chi connectivity index (χ1) is 22.6. The number of carbonyl (C=O) groups excluding carboxylic acids is 2. The second kappa shape index (κ2) is 13.5. The summed E-state index contributed by atoms with van der Waals surface area (Å²) in [7, 11) is 5.80. The van der Waals surface area contributed by atoms with Gasteiger partial charge in [-0.15, -0.1) is 11.6 Å². The predicted octanol–water partition coefficient (Wildman–Crippen LogP) is 4.40. The molecule has 0 spiro atoms. The van der Waals surface area contributed by atoms with Gasteiger partial charge < -0.3 is 25.8 Å². The Bertz CT molecular complexity index is 1900. The van der Waals surface area contributed by atoms with Crippen molar-refractivity contribution in [3.05, 3.63) is 84.1 Å². The number of nitrogens with zero attached hydrogens (tertiary/aromatic N) is 4. The third-order valence-electron chi connectivity index (χ3n) is 8.34. The van der Waals surface area contributed by atoms with E-state index in [2.05, 4.69) is 33.5 Å². The summed E-state index contributed by atoms with van der Waals surface area (Å²) in [6, 6.07) is 7.00. The van der Waals surface area contributed by atoms with Crippen LogP contribution in [0.15, 0.2) is 73.0 Å². The van der Waals surface area contributed by atoms with Crippen LogP contribution in [0.4, 0.5) is 23.2 Å². The number of benzene rings is 1. The Morgan fingerprint density at radius 1 is 1.25 bits per heavy atom. The van der Waals surface area contributed by atoms with Crippen molar-refractivity contribution in [3.8, 4) is 23.1 Å². The minimum atomic E-state index is -4.65. The van der Waals surface area contributed by atoms with Gasteiger partial charge in [-0.05, 0) is 32.3 Å². The number of nitrogens with two attached hydrogens (primary N) is 1. The maximum absolute atomic E-state index is 13.7. The Morgan fingerprint density at radius 2 is 1.96 bits per heavy atom. The van der Waals surface area contributed by atoms with Gasteiger partial charge >= 0.3 is 6.18 Å². The van der Waals surface area contributed by atoms with E-state index in [1.807, 2.05) is 19.4 Å². The molecule has 252 valence electrons. The van der Waals surface area contributed by atoms with Crippen molar-refractivity contribution in [2.24, 2.45) is 18.7 Å². The van der Waals surface area contributed by atoms with E-state index in [0.717, 1.165) is 13.1 Å². The normalized spacial score (nSPS) is 19.8. The molecule has 2 atom stereocenters. The van der Waals surface area contributed by atoms with Crippen molar-refractivity contribution in [1.82, 2.24) is 24.7 Å². The van der Waals surface area contributed by atoms with Gasteiger partial charge in [-0.25, -0.2) is 4.39 Å². The molecule has 1 aromatic carbocycles. The van der Waals surface area contributed by atoms with Crippen molar-refractivity contribution < 1.29 is 27.2 Å². The SMILES string of the molecule is C=C(F)C(=O)Nc1ccccc1-c1ncc(C#CCN2CC(N(C)C)C2)c2c1c(C1(Cl)C=C(N)C=CC1C(=O)NCC(F)(F)F)cn2C. The van der Waals surface area contributed by atoms with Crippen LogP contribution in [0, 0.1) is 17.8 Å². The summed E-state index contributed by atoms with van der Waals surface area (Å²) in [4.78, 5) is 32.9.